The van der Waals surface area contributed by atoms with Crippen molar-refractivity contribution >= 4 is 5.91 Å². The summed E-state index contributed by atoms with van der Waals surface area (Å²) in [5.41, 5.74) is 0.948. The highest BCUT2D eigenvalue weighted by Crippen LogP contribution is 2.32. The van der Waals surface area contributed by atoms with E-state index in [1.807, 2.05) is 32.0 Å². The van der Waals surface area contributed by atoms with Crippen molar-refractivity contribution < 1.29 is 18.7 Å². The molecular formula is C18H18FNO3. The summed E-state index contributed by atoms with van der Waals surface area (Å²) >= 11 is 0. The predicted octanol–water partition coefficient (Wildman–Crippen LogP) is 3.15. The van der Waals surface area contributed by atoms with Crippen molar-refractivity contribution in [3.05, 3.63) is 59.4 Å². The van der Waals surface area contributed by atoms with Gasteiger partial charge >= 0.3 is 0 Å². The quantitative estimate of drug-likeness (QED) is 0.943. The van der Waals surface area contributed by atoms with Gasteiger partial charge in [-0.1, -0.05) is 18.2 Å². The van der Waals surface area contributed by atoms with Crippen LogP contribution in [0.1, 0.15) is 25.0 Å². The number of hydrogen-bond donors (Lipinski definition) is 1. The Balaban J connectivity index is 1.67. The second-order valence-corrected chi connectivity index (χ2v) is 6.00. The summed E-state index contributed by atoms with van der Waals surface area (Å²) in [6, 6.07) is 11.6. The van der Waals surface area contributed by atoms with Gasteiger partial charge in [-0.2, -0.15) is 0 Å². The van der Waals surface area contributed by atoms with Crippen LogP contribution in [0.2, 0.25) is 0 Å². The van der Waals surface area contributed by atoms with Gasteiger partial charge in [-0.25, -0.2) is 4.39 Å². The Morgan fingerprint density at radius 2 is 1.83 bits per heavy atom. The molecule has 3 rings (SSSR count). The largest absolute Gasteiger partial charge is 0.454 e. The lowest BCUT2D eigenvalue weighted by Crippen LogP contribution is -2.39. The number of rotatable bonds is 4. The molecule has 0 aliphatic carbocycles. The lowest BCUT2D eigenvalue weighted by molar-refractivity contribution is -0.125. The highest BCUT2D eigenvalue weighted by molar-refractivity contribution is 5.87. The van der Waals surface area contributed by atoms with E-state index in [0.717, 1.165) is 11.1 Å². The smallest absolute Gasteiger partial charge is 0.231 e. The molecule has 0 saturated heterocycles. The lowest BCUT2D eigenvalue weighted by Gasteiger charge is -2.24. The molecule has 1 N–H and O–H groups in total. The number of amides is 1. The molecule has 120 valence electrons. The molecule has 0 spiro atoms. The molecule has 0 radical (unpaired) electrons. The predicted molar refractivity (Wildman–Crippen MR) is 83.8 cm³/mol. The Bertz CT molecular complexity index is 726. The van der Waals surface area contributed by atoms with Gasteiger partial charge in [0.05, 0.1) is 5.41 Å². The third-order valence-electron chi connectivity index (χ3n) is 4.02. The molecule has 0 atom stereocenters. The Hall–Kier alpha value is -2.56. The van der Waals surface area contributed by atoms with Gasteiger partial charge in [-0.3, -0.25) is 4.79 Å². The first kappa shape index (κ1) is 15.3. The van der Waals surface area contributed by atoms with Crippen molar-refractivity contribution in [2.75, 3.05) is 6.79 Å². The molecule has 0 aromatic heterocycles. The molecule has 4 nitrogen and oxygen atoms in total. The Morgan fingerprint density at radius 3 is 2.57 bits per heavy atom. The zero-order valence-electron chi connectivity index (χ0n) is 13.1. The van der Waals surface area contributed by atoms with Crippen molar-refractivity contribution in [2.24, 2.45) is 0 Å². The van der Waals surface area contributed by atoms with Crippen LogP contribution in [-0.4, -0.2) is 12.7 Å². The van der Waals surface area contributed by atoms with Crippen LogP contribution in [0.15, 0.2) is 42.5 Å². The van der Waals surface area contributed by atoms with Gasteiger partial charge in [-0.15, -0.1) is 0 Å². The minimum atomic E-state index is -0.746. The third-order valence-corrected chi connectivity index (χ3v) is 4.02. The van der Waals surface area contributed by atoms with E-state index < -0.39 is 5.41 Å². The highest BCUT2D eigenvalue weighted by atomic mass is 19.1. The monoisotopic (exact) mass is 315 g/mol. The summed E-state index contributed by atoms with van der Waals surface area (Å²) in [6.45, 7) is 4.24. The maximum atomic E-state index is 13.0. The number of hydrogen-bond acceptors (Lipinski definition) is 3. The number of carbonyl (C=O) groups is 1. The summed E-state index contributed by atoms with van der Waals surface area (Å²) < 4.78 is 23.6. The van der Waals surface area contributed by atoms with Gasteiger partial charge in [0.1, 0.15) is 5.82 Å². The van der Waals surface area contributed by atoms with Gasteiger partial charge in [0.2, 0.25) is 12.7 Å². The van der Waals surface area contributed by atoms with Crippen LogP contribution in [0, 0.1) is 5.82 Å². The van der Waals surface area contributed by atoms with Crippen molar-refractivity contribution in [3.8, 4) is 11.5 Å². The molecule has 0 bridgehead atoms. The first-order valence-corrected chi connectivity index (χ1v) is 7.40. The summed E-state index contributed by atoms with van der Waals surface area (Å²) in [4.78, 5) is 12.5. The molecule has 2 aromatic carbocycles. The minimum absolute atomic E-state index is 0.123. The number of nitrogens with one attached hydrogen (secondary N) is 1. The molecule has 1 aliphatic heterocycles. The second-order valence-electron chi connectivity index (χ2n) is 6.00. The van der Waals surface area contributed by atoms with E-state index in [1.54, 1.807) is 12.1 Å². The zero-order valence-corrected chi connectivity index (χ0v) is 13.1. The van der Waals surface area contributed by atoms with Crippen LogP contribution in [0.25, 0.3) is 0 Å². The number of benzene rings is 2. The third kappa shape index (κ3) is 3.13. The van der Waals surface area contributed by atoms with Crippen molar-refractivity contribution in [1.29, 1.82) is 0 Å². The molecule has 1 heterocycles. The summed E-state index contributed by atoms with van der Waals surface area (Å²) in [5.74, 6) is 0.966. The van der Waals surface area contributed by atoms with Crippen LogP contribution < -0.4 is 14.8 Å². The van der Waals surface area contributed by atoms with Crippen LogP contribution in [0.4, 0.5) is 4.39 Å². The second kappa shape index (κ2) is 5.91. The van der Waals surface area contributed by atoms with Crippen molar-refractivity contribution in [2.45, 2.75) is 25.8 Å². The van der Waals surface area contributed by atoms with E-state index >= 15 is 0 Å². The molecule has 0 unspecified atom stereocenters. The molecule has 0 saturated carbocycles. The van der Waals surface area contributed by atoms with E-state index in [-0.39, 0.29) is 18.5 Å². The molecule has 1 amide bonds. The van der Waals surface area contributed by atoms with Gasteiger partial charge < -0.3 is 14.8 Å². The molecule has 2 aromatic rings. The topological polar surface area (TPSA) is 47.6 Å². The van der Waals surface area contributed by atoms with Crippen LogP contribution in [0.5, 0.6) is 11.5 Å². The average molecular weight is 315 g/mol. The summed E-state index contributed by atoms with van der Waals surface area (Å²) in [5, 5.41) is 2.91. The van der Waals surface area contributed by atoms with Crippen molar-refractivity contribution in [3.63, 3.8) is 0 Å². The SMILES string of the molecule is CC(C)(C(=O)NCc1ccc2c(c1)OCO2)c1ccc(F)cc1. The fourth-order valence-electron chi connectivity index (χ4n) is 2.45. The van der Waals surface area contributed by atoms with Crippen LogP contribution >= 0.6 is 0 Å². The first-order chi connectivity index (χ1) is 11.0. The van der Waals surface area contributed by atoms with Gasteiger partial charge in [0.15, 0.2) is 11.5 Å². The van der Waals surface area contributed by atoms with E-state index in [0.29, 0.717) is 18.0 Å². The normalized spacial score (nSPS) is 13.0. The van der Waals surface area contributed by atoms with Crippen molar-refractivity contribution in [1.82, 2.24) is 5.32 Å². The number of halogens is 1. The van der Waals surface area contributed by atoms with Crippen LogP contribution in [-0.2, 0) is 16.8 Å². The van der Waals surface area contributed by atoms with E-state index in [1.165, 1.54) is 12.1 Å². The van der Waals surface area contributed by atoms with Gasteiger partial charge in [-0.05, 0) is 49.2 Å². The van der Waals surface area contributed by atoms with Gasteiger partial charge in [0, 0.05) is 6.54 Å². The molecule has 5 heteroatoms. The van der Waals surface area contributed by atoms with E-state index in [4.69, 9.17) is 9.47 Å². The highest BCUT2D eigenvalue weighted by Gasteiger charge is 2.29. The fraction of sp³-hybridized carbons (Fsp3) is 0.278. The number of ether oxygens (including phenoxy) is 2. The zero-order chi connectivity index (χ0) is 16.4. The fourth-order valence-corrected chi connectivity index (χ4v) is 2.45. The minimum Gasteiger partial charge on any atom is -0.454 e. The Labute approximate surface area is 134 Å². The number of carbonyl (C=O) groups excluding carboxylic acids is 1. The molecular weight excluding hydrogens is 297 g/mol. The molecule has 1 aliphatic rings. The maximum absolute atomic E-state index is 13.0. The van der Waals surface area contributed by atoms with Gasteiger partial charge in [0.25, 0.3) is 0 Å². The Kier molecular flexibility index (Phi) is 3.94. The maximum Gasteiger partial charge on any atom is 0.231 e. The number of fused-ring (bicyclic) bond motifs is 1. The standard InChI is InChI=1S/C18H18FNO3/c1-18(2,13-4-6-14(19)7-5-13)17(21)20-10-12-3-8-15-16(9-12)23-11-22-15/h3-9H,10-11H2,1-2H3,(H,20,21). The van der Waals surface area contributed by atoms with Crippen LogP contribution in [0.3, 0.4) is 0 Å². The first-order valence-electron chi connectivity index (χ1n) is 7.40. The summed E-state index contributed by atoms with van der Waals surface area (Å²) in [6.07, 6.45) is 0. The molecule has 23 heavy (non-hydrogen) atoms. The average Bonchev–Trinajstić information content (AvgIpc) is 3.00. The Morgan fingerprint density at radius 1 is 1.13 bits per heavy atom. The lowest BCUT2D eigenvalue weighted by atomic mass is 9.83. The van der Waals surface area contributed by atoms with E-state index in [2.05, 4.69) is 5.32 Å². The molecule has 0 fully saturated rings. The van der Waals surface area contributed by atoms with E-state index in [9.17, 15) is 9.18 Å². The summed E-state index contributed by atoms with van der Waals surface area (Å²) in [7, 11) is 0.